The molecule has 0 bridgehead atoms. The summed E-state index contributed by atoms with van der Waals surface area (Å²) in [6, 6.07) is 7.59. The molecule has 0 fully saturated rings. The standard InChI is InChI=1S/C16H19ClN2O2/c1-4-19-14(15(17)11(3)18-19)9-13(16(20)21)12-7-5-6-10(2)8-12/h5-8,13H,4,9H2,1-3H3,(H,20,21). The first-order chi connectivity index (χ1) is 9.93. The molecule has 0 radical (unpaired) electrons. The summed E-state index contributed by atoms with van der Waals surface area (Å²) in [5.41, 5.74) is 3.36. The summed E-state index contributed by atoms with van der Waals surface area (Å²) in [6.45, 7) is 6.42. The number of hydrogen-bond donors (Lipinski definition) is 1. The summed E-state index contributed by atoms with van der Waals surface area (Å²) in [4.78, 5) is 11.7. The van der Waals surface area contributed by atoms with E-state index in [0.29, 0.717) is 18.0 Å². The predicted octanol–water partition coefficient (Wildman–Crippen LogP) is 3.58. The first-order valence-corrected chi connectivity index (χ1v) is 7.33. The molecular formula is C16H19ClN2O2. The second-order valence-electron chi connectivity index (χ2n) is 5.17. The molecule has 2 aromatic rings. The zero-order valence-electron chi connectivity index (χ0n) is 12.4. The molecule has 1 aromatic carbocycles. The molecule has 0 aliphatic heterocycles. The van der Waals surface area contributed by atoms with Crippen LogP contribution in [0.1, 0.15) is 35.4 Å². The van der Waals surface area contributed by atoms with Crippen molar-refractivity contribution in [3.05, 3.63) is 51.8 Å². The Balaban J connectivity index is 2.40. The lowest BCUT2D eigenvalue weighted by Gasteiger charge is -2.14. The van der Waals surface area contributed by atoms with Gasteiger partial charge in [0.1, 0.15) is 0 Å². The van der Waals surface area contributed by atoms with Crippen LogP contribution in [-0.2, 0) is 17.8 Å². The molecule has 4 nitrogen and oxygen atoms in total. The van der Waals surface area contributed by atoms with Crippen LogP contribution in [0.2, 0.25) is 5.02 Å². The van der Waals surface area contributed by atoms with Crippen molar-refractivity contribution in [1.82, 2.24) is 9.78 Å². The van der Waals surface area contributed by atoms with E-state index in [1.807, 2.05) is 45.0 Å². The maximum Gasteiger partial charge on any atom is 0.311 e. The number of aliphatic carboxylic acids is 1. The lowest BCUT2D eigenvalue weighted by Crippen LogP contribution is -2.17. The molecule has 5 heteroatoms. The van der Waals surface area contributed by atoms with E-state index in [4.69, 9.17) is 11.6 Å². The smallest absolute Gasteiger partial charge is 0.311 e. The van der Waals surface area contributed by atoms with Crippen LogP contribution in [0.3, 0.4) is 0 Å². The molecule has 0 aliphatic rings. The van der Waals surface area contributed by atoms with Crippen LogP contribution in [0.5, 0.6) is 0 Å². The Morgan fingerprint density at radius 3 is 2.71 bits per heavy atom. The second-order valence-corrected chi connectivity index (χ2v) is 5.55. The zero-order chi connectivity index (χ0) is 15.6. The minimum absolute atomic E-state index is 0.340. The largest absolute Gasteiger partial charge is 0.481 e. The SMILES string of the molecule is CCn1nc(C)c(Cl)c1CC(C(=O)O)c1cccc(C)c1. The van der Waals surface area contributed by atoms with Crippen molar-refractivity contribution in [2.75, 3.05) is 0 Å². The highest BCUT2D eigenvalue weighted by molar-refractivity contribution is 6.31. The van der Waals surface area contributed by atoms with Crippen LogP contribution in [0.25, 0.3) is 0 Å². The predicted molar refractivity (Wildman–Crippen MR) is 82.9 cm³/mol. The molecule has 0 spiro atoms. The Kier molecular flexibility index (Phi) is 4.68. The molecule has 2 rings (SSSR count). The summed E-state index contributed by atoms with van der Waals surface area (Å²) in [5, 5.41) is 14.5. The van der Waals surface area contributed by atoms with Crippen LogP contribution < -0.4 is 0 Å². The maximum atomic E-state index is 11.7. The minimum atomic E-state index is -0.849. The summed E-state index contributed by atoms with van der Waals surface area (Å²) in [6.07, 6.45) is 0.340. The molecular weight excluding hydrogens is 288 g/mol. The molecule has 1 atom stereocenters. The molecule has 1 unspecified atom stereocenters. The van der Waals surface area contributed by atoms with Gasteiger partial charge < -0.3 is 5.11 Å². The molecule has 0 saturated heterocycles. The average Bonchev–Trinajstić information content (AvgIpc) is 2.71. The summed E-state index contributed by atoms with van der Waals surface area (Å²) >= 11 is 6.28. The Hall–Kier alpha value is -1.81. The van der Waals surface area contributed by atoms with E-state index in [1.54, 1.807) is 4.68 Å². The monoisotopic (exact) mass is 306 g/mol. The molecule has 1 N–H and O–H groups in total. The maximum absolute atomic E-state index is 11.7. The van der Waals surface area contributed by atoms with Crippen LogP contribution >= 0.6 is 11.6 Å². The summed E-state index contributed by atoms with van der Waals surface area (Å²) in [7, 11) is 0. The van der Waals surface area contributed by atoms with Crippen LogP contribution in [0.4, 0.5) is 0 Å². The van der Waals surface area contributed by atoms with Gasteiger partial charge in [0.25, 0.3) is 0 Å². The average molecular weight is 307 g/mol. The molecule has 0 amide bonds. The highest BCUT2D eigenvalue weighted by Crippen LogP contribution is 2.28. The third kappa shape index (κ3) is 3.27. The quantitative estimate of drug-likeness (QED) is 0.918. The number of carboxylic acid groups (broad SMARTS) is 1. The lowest BCUT2D eigenvalue weighted by atomic mass is 9.93. The normalized spacial score (nSPS) is 12.4. The fraction of sp³-hybridized carbons (Fsp3) is 0.375. The van der Waals surface area contributed by atoms with Gasteiger partial charge in [-0.25, -0.2) is 0 Å². The van der Waals surface area contributed by atoms with Crippen LogP contribution in [0, 0.1) is 13.8 Å². The van der Waals surface area contributed by atoms with Crippen LogP contribution in [0.15, 0.2) is 24.3 Å². The van der Waals surface area contributed by atoms with E-state index in [0.717, 1.165) is 22.5 Å². The van der Waals surface area contributed by atoms with E-state index in [1.165, 1.54) is 0 Å². The Labute approximate surface area is 129 Å². The minimum Gasteiger partial charge on any atom is -0.481 e. The number of aromatic nitrogens is 2. The van der Waals surface area contributed by atoms with Gasteiger partial charge in [-0.3, -0.25) is 9.48 Å². The van der Waals surface area contributed by atoms with Crippen LogP contribution in [-0.4, -0.2) is 20.9 Å². The van der Waals surface area contributed by atoms with Crippen molar-refractivity contribution in [3.8, 4) is 0 Å². The van der Waals surface area contributed by atoms with Gasteiger partial charge in [-0.2, -0.15) is 5.10 Å². The number of aryl methyl sites for hydroxylation is 3. The van der Waals surface area contributed by atoms with E-state index in [9.17, 15) is 9.90 Å². The number of benzene rings is 1. The van der Waals surface area contributed by atoms with E-state index < -0.39 is 11.9 Å². The number of carboxylic acids is 1. The third-order valence-electron chi connectivity index (χ3n) is 3.59. The molecule has 1 aromatic heterocycles. The molecule has 0 aliphatic carbocycles. The van der Waals surface area contributed by atoms with E-state index >= 15 is 0 Å². The van der Waals surface area contributed by atoms with Crippen molar-refractivity contribution in [2.45, 2.75) is 39.7 Å². The second kappa shape index (κ2) is 6.31. The first kappa shape index (κ1) is 15.6. The van der Waals surface area contributed by atoms with Gasteiger partial charge in [0, 0.05) is 13.0 Å². The van der Waals surface area contributed by atoms with E-state index in [2.05, 4.69) is 5.10 Å². The Bertz CT molecular complexity index is 664. The fourth-order valence-corrected chi connectivity index (χ4v) is 2.70. The van der Waals surface area contributed by atoms with Gasteiger partial charge in [0.2, 0.25) is 0 Å². The number of halogens is 1. The fourth-order valence-electron chi connectivity index (χ4n) is 2.49. The number of carbonyl (C=O) groups is 1. The molecule has 0 saturated carbocycles. The van der Waals surface area contributed by atoms with Gasteiger partial charge in [-0.1, -0.05) is 41.4 Å². The summed E-state index contributed by atoms with van der Waals surface area (Å²) in [5.74, 6) is -1.47. The van der Waals surface area contributed by atoms with Crippen molar-refractivity contribution in [1.29, 1.82) is 0 Å². The van der Waals surface area contributed by atoms with E-state index in [-0.39, 0.29) is 0 Å². The van der Waals surface area contributed by atoms with Gasteiger partial charge in [-0.05, 0) is 26.3 Å². The van der Waals surface area contributed by atoms with Gasteiger partial charge in [0.15, 0.2) is 0 Å². The number of hydrogen-bond acceptors (Lipinski definition) is 2. The topological polar surface area (TPSA) is 55.1 Å². The van der Waals surface area contributed by atoms with Crippen molar-refractivity contribution in [3.63, 3.8) is 0 Å². The van der Waals surface area contributed by atoms with Gasteiger partial charge >= 0.3 is 5.97 Å². The highest BCUT2D eigenvalue weighted by atomic mass is 35.5. The third-order valence-corrected chi connectivity index (χ3v) is 4.08. The Morgan fingerprint density at radius 2 is 2.14 bits per heavy atom. The Morgan fingerprint density at radius 1 is 1.43 bits per heavy atom. The van der Waals surface area contributed by atoms with Crippen molar-refractivity contribution >= 4 is 17.6 Å². The zero-order valence-corrected chi connectivity index (χ0v) is 13.2. The molecule has 1 heterocycles. The number of rotatable bonds is 5. The van der Waals surface area contributed by atoms with Crippen molar-refractivity contribution < 1.29 is 9.90 Å². The summed E-state index contributed by atoms with van der Waals surface area (Å²) < 4.78 is 1.78. The van der Waals surface area contributed by atoms with Crippen molar-refractivity contribution in [2.24, 2.45) is 0 Å². The van der Waals surface area contributed by atoms with Gasteiger partial charge in [-0.15, -0.1) is 0 Å². The highest BCUT2D eigenvalue weighted by Gasteiger charge is 2.24. The molecule has 112 valence electrons. The first-order valence-electron chi connectivity index (χ1n) is 6.95. The lowest BCUT2D eigenvalue weighted by molar-refractivity contribution is -0.138. The molecule has 21 heavy (non-hydrogen) atoms. The van der Waals surface area contributed by atoms with Gasteiger partial charge in [0.05, 0.1) is 22.3 Å². The number of nitrogens with zero attached hydrogens (tertiary/aromatic N) is 2.